The van der Waals surface area contributed by atoms with E-state index in [1.54, 1.807) is 0 Å². The average Bonchev–Trinajstić information content (AvgIpc) is 3.69. The number of hydrogen-bond acceptors (Lipinski definition) is 2. The van der Waals surface area contributed by atoms with Crippen LogP contribution in [0.15, 0.2) is 186 Å². The molecular weight excluding hydrogens is 607 g/mol. The summed E-state index contributed by atoms with van der Waals surface area (Å²) in [7, 11) is 0. The quantitative estimate of drug-likeness (QED) is 0.186. The number of para-hydroxylation sites is 1. The van der Waals surface area contributed by atoms with Crippen LogP contribution in [0.1, 0.15) is 30.0 Å². The summed E-state index contributed by atoms with van der Waals surface area (Å²) in [6, 6.07) is 57.3. The number of hydrogen-bond donors (Lipinski definition) is 0. The van der Waals surface area contributed by atoms with Crippen LogP contribution in [0.3, 0.4) is 0 Å². The van der Waals surface area contributed by atoms with Crippen molar-refractivity contribution in [1.29, 1.82) is 0 Å². The summed E-state index contributed by atoms with van der Waals surface area (Å²) in [5, 5.41) is 4.73. The number of anilines is 3. The van der Waals surface area contributed by atoms with Crippen molar-refractivity contribution in [2.45, 2.75) is 18.8 Å². The van der Waals surface area contributed by atoms with Gasteiger partial charge in [-0.25, -0.2) is 0 Å². The molecule has 2 heteroatoms. The average molecular weight is 642 g/mol. The maximum absolute atomic E-state index is 6.88. The van der Waals surface area contributed by atoms with E-state index < -0.39 is 5.41 Å². The van der Waals surface area contributed by atoms with E-state index in [1.807, 2.05) is 0 Å². The minimum Gasteiger partial charge on any atom is -0.456 e. The Labute approximate surface area is 292 Å². The molecule has 0 aliphatic heterocycles. The van der Waals surface area contributed by atoms with Crippen LogP contribution in [0.4, 0.5) is 17.1 Å². The van der Waals surface area contributed by atoms with Crippen molar-refractivity contribution in [2.24, 2.45) is 5.92 Å². The SMILES string of the molecule is CC1CC=CC=C1C1(c2cccc3oc4cc(N(c5ccccc5)c5cccc6ccccc56)ccc4c23)c2ccccc2-c2ccccc21. The molecule has 1 unspecified atom stereocenters. The smallest absolute Gasteiger partial charge is 0.137 e. The van der Waals surface area contributed by atoms with E-state index in [0.29, 0.717) is 5.92 Å². The lowest BCUT2D eigenvalue weighted by Crippen LogP contribution is -2.33. The highest BCUT2D eigenvalue weighted by molar-refractivity contribution is 6.10. The third kappa shape index (κ3) is 4.09. The van der Waals surface area contributed by atoms with Crippen molar-refractivity contribution in [1.82, 2.24) is 0 Å². The van der Waals surface area contributed by atoms with Gasteiger partial charge in [-0.15, -0.1) is 0 Å². The molecule has 238 valence electrons. The van der Waals surface area contributed by atoms with E-state index in [2.05, 4.69) is 188 Å². The fourth-order valence-corrected chi connectivity index (χ4v) is 8.91. The van der Waals surface area contributed by atoms with Crippen LogP contribution in [-0.2, 0) is 5.41 Å². The molecule has 0 saturated heterocycles. The van der Waals surface area contributed by atoms with Crippen LogP contribution in [0.2, 0.25) is 0 Å². The van der Waals surface area contributed by atoms with Crippen molar-refractivity contribution in [3.8, 4) is 11.1 Å². The maximum Gasteiger partial charge on any atom is 0.137 e. The van der Waals surface area contributed by atoms with Crippen LogP contribution in [0.5, 0.6) is 0 Å². The molecule has 0 radical (unpaired) electrons. The summed E-state index contributed by atoms with van der Waals surface area (Å²) < 4.78 is 6.88. The molecule has 1 aromatic heterocycles. The Morgan fingerprint density at radius 2 is 1.26 bits per heavy atom. The largest absolute Gasteiger partial charge is 0.456 e. The van der Waals surface area contributed by atoms with Crippen LogP contribution < -0.4 is 4.90 Å². The predicted molar refractivity (Wildman–Crippen MR) is 209 cm³/mol. The zero-order valence-corrected chi connectivity index (χ0v) is 27.9. The van der Waals surface area contributed by atoms with E-state index in [4.69, 9.17) is 4.42 Å². The summed E-state index contributed by atoms with van der Waals surface area (Å²) in [5.41, 5.74) is 12.7. The maximum atomic E-state index is 6.88. The summed E-state index contributed by atoms with van der Waals surface area (Å²) in [5.74, 6) is 0.374. The molecule has 2 aliphatic rings. The van der Waals surface area contributed by atoms with E-state index in [0.717, 1.165) is 40.0 Å². The topological polar surface area (TPSA) is 16.4 Å². The van der Waals surface area contributed by atoms with Gasteiger partial charge in [-0.2, -0.15) is 0 Å². The molecular formula is C48H35NO. The lowest BCUT2D eigenvalue weighted by molar-refractivity contribution is 0.578. The van der Waals surface area contributed by atoms with Crippen molar-refractivity contribution in [2.75, 3.05) is 4.90 Å². The Morgan fingerprint density at radius 3 is 2.06 bits per heavy atom. The normalized spacial score (nSPS) is 16.0. The van der Waals surface area contributed by atoms with Crippen molar-refractivity contribution >= 4 is 49.8 Å². The Hall–Kier alpha value is -6.12. The van der Waals surface area contributed by atoms with Gasteiger partial charge < -0.3 is 9.32 Å². The molecule has 0 spiro atoms. The number of allylic oxidation sites excluding steroid dienone is 4. The van der Waals surface area contributed by atoms with Gasteiger partial charge in [0.25, 0.3) is 0 Å². The number of nitrogens with zero attached hydrogens (tertiary/aromatic N) is 1. The van der Waals surface area contributed by atoms with Crippen molar-refractivity contribution < 1.29 is 4.42 Å². The molecule has 1 atom stereocenters. The predicted octanol–water partition coefficient (Wildman–Crippen LogP) is 13.0. The highest BCUT2D eigenvalue weighted by Crippen LogP contribution is 2.60. The lowest BCUT2D eigenvalue weighted by atomic mass is 9.62. The molecule has 8 aromatic rings. The van der Waals surface area contributed by atoms with Gasteiger partial charge in [-0.3, -0.25) is 0 Å². The molecule has 50 heavy (non-hydrogen) atoms. The minimum atomic E-state index is -0.453. The molecule has 0 fully saturated rings. The van der Waals surface area contributed by atoms with Crippen LogP contribution in [0, 0.1) is 5.92 Å². The summed E-state index contributed by atoms with van der Waals surface area (Å²) in [6.07, 6.45) is 7.96. The molecule has 0 saturated carbocycles. The first-order valence-electron chi connectivity index (χ1n) is 17.6. The Bertz CT molecular complexity index is 2610. The van der Waals surface area contributed by atoms with Crippen molar-refractivity contribution in [3.05, 3.63) is 198 Å². The Kier molecular flexibility index (Phi) is 6.47. The van der Waals surface area contributed by atoms with Crippen LogP contribution >= 0.6 is 0 Å². The van der Waals surface area contributed by atoms with E-state index in [1.165, 1.54) is 49.5 Å². The van der Waals surface area contributed by atoms with E-state index in [-0.39, 0.29) is 0 Å². The Balaban J connectivity index is 1.25. The Morgan fingerprint density at radius 1 is 0.580 bits per heavy atom. The monoisotopic (exact) mass is 641 g/mol. The minimum absolute atomic E-state index is 0.374. The fourth-order valence-electron chi connectivity index (χ4n) is 8.91. The van der Waals surface area contributed by atoms with Crippen LogP contribution in [0.25, 0.3) is 43.8 Å². The second-order valence-electron chi connectivity index (χ2n) is 13.7. The van der Waals surface area contributed by atoms with Gasteiger partial charge in [0.05, 0.1) is 11.1 Å². The van der Waals surface area contributed by atoms with Gasteiger partial charge in [-0.05, 0) is 87.5 Å². The van der Waals surface area contributed by atoms with Gasteiger partial charge in [0.2, 0.25) is 0 Å². The zero-order valence-electron chi connectivity index (χ0n) is 27.9. The van der Waals surface area contributed by atoms with Gasteiger partial charge in [0.15, 0.2) is 0 Å². The number of furan rings is 1. The third-order valence-corrected chi connectivity index (χ3v) is 11.0. The first kappa shape index (κ1) is 28.9. The van der Waals surface area contributed by atoms with E-state index >= 15 is 0 Å². The molecule has 1 heterocycles. The number of fused-ring (bicyclic) bond motifs is 7. The number of benzene rings is 7. The summed E-state index contributed by atoms with van der Waals surface area (Å²) >= 11 is 0. The molecule has 0 bridgehead atoms. The molecule has 2 nitrogen and oxygen atoms in total. The first-order chi connectivity index (χ1) is 24.7. The van der Waals surface area contributed by atoms with Gasteiger partial charge in [-0.1, -0.05) is 140 Å². The second kappa shape index (κ2) is 11.2. The van der Waals surface area contributed by atoms with Crippen molar-refractivity contribution in [3.63, 3.8) is 0 Å². The summed E-state index contributed by atoms with van der Waals surface area (Å²) in [4.78, 5) is 2.35. The standard InChI is InChI=1S/C48H35NO/c1-32-15-5-10-23-40(32)48(41-24-11-8-21-37(41)38-22-9-12-25-42(38)48)43-26-14-28-45-47(43)39-30-29-35(31-46(39)50-45)49(34-18-3-2-4-19-34)44-27-13-17-33-16-6-7-20-36(33)44/h2-14,16-32H,15H2,1H3. The molecule has 10 rings (SSSR count). The van der Waals surface area contributed by atoms with Gasteiger partial charge >= 0.3 is 0 Å². The lowest BCUT2D eigenvalue weighted by Gasteiger charge is -2.39. The zero-order chi connectivity index (χ0) is 33.2. The van der Waals surface area contributed by atoms with Crippen LogP contribution in [-0.4, -0.2) is 0 Å². The molecule has 0 N–H and O–H groups in total. The van der Waals surface area contributed by atoms with Gasteiger partial charge in [0.1, 0.15) is 11.2 Å². The number of rotatable bonds is 5. The fraction of sp³-hybridized carbons (Fsp3) is 0.0833. The molecule has 0 amide bonds. The summed E-state index contributed by atoms with van der Waals surface area (Å²) in [6.45, 7) is 2.38. The highest BCUT2D eigenvalue weighted by Gasteiger charge is 2.49. The molecule has 7 aromatic carbocycles. The second-order valence-corrected chi connectivity index (χ2v) is 13.7. The molecule has 2 aliphatic carbocycles. The third-order valence-electron chi connectivity index (χ3n) is 11.0. The first-order valence-corrected chi connectivity index (χ1v) is 17.6. The van der Waals surface area contributed by atoms with E-state index in [9.17, 15) is 0 Å². The van der Waals surface area contributed by atoms with Gasteiger partial charge in [0, 0.05) is 33.6 Å². The highest BCUT2D eigenvalue weighted by atomic mass is 16.3.